The van der Waals surface area contributed by atoms with Crippen LogP contribution in [0.2, 0.25) is 0 Å². The number of aromatic nitrogens is 1. The van der Waals surface area contributed by atoms with Gasteiger partial charge in [-0.25, -0.2) is 0 Å². The van der Waals surface area contributed by atoms with E-state index in [1.54, 1.807) is 12.3 Å². The van der Waals surface area contributed by atoms with Crippen LogP contribution in [0, 0.1) is 0 Å². The molecule has 0 aliphatic heterocycles. The van der Waals surface area contributed by atoms with Gasteiger partial charge in [-0.05, 0) is 31.3 Å². The Morgan fingerprint density at radius 3 is 2.65 bits per heavy atom. The number of phenolic OH excluding ortho intramolecular Hbond substituents is 1. The van der Waals surface area contributed by atoms with Gasteiger partial charge >= 0.3 is 0 Å². The van der Waals surface area contributed by atoms with Crippen LogP contribution in [0.1, 0.15) is 19.4 Å². The van der Waals surface area contributed by atoms with Crippen LogP contribution in [0.4, 0.5) is 0 Å². The first-order chi connectivity index (χ1) is 8.26. The number of hydrogen-bond acceptors (Lipinski definition) is 3. The van der Waals surface area contributed by atoms with E-state index in [2.05, 4.69) is 23.7 Å². The summed E-state index contributed by atoms with van der Waals surface area (Å²) >= 11 is 0. The maximum absolute atomic E-state index is 9.99. The lowest BCUT2D eigenvalue weighted by molar-refractivity contribution is 0.292. The Kier molecular flexibility index (Phi) is 3.59. The highest BCUT2D eigenvalue weighted by molar-refractivity contribution is 5.84. The van der Waals surface area contributed by atoms with Gasteiger partial charge in [0.25, 0.3) is 0 Å². The van der Waals surface area contributed by atoms with Crippen molar-refractivity contribution >= 4 is 10.9 Å². The zero-order chi connectivity index (χ0) is 12.3. The molecule has 3 heteroatoms. The van der Waals surface area contributed by atoms with E-state index in [1.165, 1.54) is 0 Å². The van der Waals surface area contributed by atoms with Crippen molar-refractivity contribution < 1.29 is 5.11 Å². The maximum atomic E-state index is 9.99. The molecule has 0 saturated heterocycles. The van der Waals surface area contributed by atoms with E-state index < -0.39 is 0 Å². The van der Waals surface area contributed by atoms with E-state index >= 15 is 0 Å². The van der Waals surface area contributed by atoms with Crippen molar-refractivity contribution in [2.45, 2.75) is 20.4 Å². The van der Waals surface area contributed by atoms with Crippen molar-refractivity contribution in [3.8, 4) is 5.75 Å². The lowest BCUT2D eigenvalue weighted by Crippen LogP contribution is -2.22. The number of fused-ring (bicyclic) bond motifs is 1. The average Bonchev–Trinajstić information content (AvgIpc) is 2.38. The monoisotopic (exact) mass is 230 g/mol. The van der Waals surface area contributed by atoms with Gasteiger partial charge in [0.1, 0.15) is 5.75 Å². The summed E-state index contributed by atoms with van der Waals surface area (Å²) in [6.45, 7) is 6.98. The predicted octanol–water partition coefficient (Wildman–Crippen LogP) is 2.78. The van der Waals surface area contributed by atoms with Gasteiger partial charge in [0, 0.05) is 23.7 Å². The summed E-state index contributed by atoms with van der Waals surface area (Å²) in [4.78, 5) is 6.59. The van der Waals surface area contributed by atoms with Crippen LogP contribution in [0.15, 0.2) is 30.5 Å². The zero-order valence-corrected chi connectivity index (χ0v) is 10.3. The number of nitrogens with zero attached hydrogens (tertiary/aromatic N) is 2. The van der Waals surface area contributed by atoms with Gasteiger partial charge in [-0.15, -0.1) is 0 Å². The zero-order valence-electron chi connectivity index (χ0n) is 10.3. The smallest absolute Gasteiger partial charge is 0.120 e. The second kappa shape index (κ2) is 5.15. The van der Waals surface area contributed by atoms with Gasteiger partial charge in [-0.3, -0.25) is 9.88 Å². The minimum atomic E-state index is 0.359. The molecule has 1 N–H and O–H groups in total. The molecular formula is C14H18N2O. The minimum Gasteiger partial charge on any atom is -0.508 e. The SMILES string of the molecule is CCN(CC)Cc1c(O)ccc2ncccc12. The molecule has 2 aromatic rings. The lowest BCUT2D eigenvalue weighted by atomic mass is 10.1. The van der Waals surface area contributed by atoms with Crippen molar-refractivity contribution in [1.82, 2.24) is 9.88 Å². The second-order valence-corrected chi connectivity index (χ2v) is 4.09. The Labute approximate surface area is 102 Å². The Balaban J connectivity index is 2.47. The molecule has 0 radical (unpaired) electrons. The van der Waals surface area contributed by atoms with Crippen molar-refractivity contribution in [2.24, 2.45) is 0 Å². The van der Waals surface area contributed by atoms with Gasteiger partial charge in [0.15, 0.2) is 0 Å². The van der Waals surface area contributed by atoms with E-state index in [0.29, 0.717) is 5.75 Å². The third-order valence-electron chi connectivity index (χ3n) is 3.15. The number of hydrogen-bond donors (Lipinski definition) is 1. The number of rotatable bonds is 4. The minimum absolute atomic E-state index is 0.359. The third kappa shape index (κ3) is 2.39. The summed E-state index contributed by atoms with van der Waals surface area (Å²) in [6.07, 6.45) is 1.78. The Bertz CT molecular complexity index is 507. The molecule has 1 aromatic carbocycles. The highest BCUT2D eigenvalue weighted by Crippen LogP contribution is 2.27. The van der Waals surface area contributed by atoms with Gasteiger partial charge in [0.05, 0.1) is 5.52 Å². The van der Waals surface area contributed by atoms with Gasteiger partial charge in [-0.2, -0.15) is 0 Å². The van der Waals surface area contributed by atoms with Crippen LogP contribution in [-0.2, 0) is 6.54 Å². The first-order valence-corrected chi connectivity index (χ1v) is 6.04. The summed E-state index contributed by atoms with van der Waals surface area (Å²) in [7, 11) is 0. The molecule has 1 aromatic heterocycles. The van der Waals surface area contributed by atoms with Gasteiger partial charge in [-0.1, -0.05) is 19.9 Å². The molecule has 0 atom stereocenters. The highest BCUT2D eigenvalue weighted by atomic mass is 16.3. The normalized spacial score (nSPS) is 11.2. The lowest BCUT2D eigenvalue weighted by Gasteiger charge is -2.19. The van der Waals surface area contributed by atoms with Crippen molar-refractivity contribution in [3.63, 3.8) is 0 Å². The van der Waals surface area contributed by atoms with E-state index in [1.807, 2.05) is 18.2 Å². The Morgan fingerprint density at radius 1 is 1.18 bits per heavy atom. The molecule has 3 nitrogen and oxygen atoms in total. The summed E-state index contributed by atoms with van der Waals surface area (Å²) < 4.78 is 0. The fraction of sp³-hybridized carbons (Fsp3) is 0.357. The van der Waals surface area contributed by atoms with Crippen LogP contribution in [0.3, 0.4) is 0 Å². The molecule has 0 bridgehead atoms. The summed E-state index contributed by atoms with van der Waals surface area (Å²) in [6, 6.07) is 7.51. The number of benzene rings is 1. The molecule has 0 spiro atoms. The van der Waals surface area contributed by atoms with Crippen molar-refractivity contribution in [3.05, 3.63) is 36.0 Å². The molecule has 90 valence electrons. The van der Waals surface area contributed by atoms with Crippen LogP contribution in [0.5, 0.6) is 5.75 Å². The van der Waals surface area contributed by atoms with Gasteiger partial charge in [0.2, 0.25) is 0 Å². The Morgan fingerprint density at radius 2 is 1.94 bits per heavy atom. The van der Waals surface area contributed by atoms with Crippen molar-refractivity contribution in [2.75, 3.05) is 13.1 Å². The van der Waals surface area contributed by atoms with Crippen molar-refractivity contribution in [1.29, 1.82) is 0 Å². The largest absolute Gasteiger partial charge is 0.508 e. The average molecular weight is 230 g/mol. The first-order valence-electron chi connectivity index (χ1n) is 6.04. The summed E-state index contributed by atoms with van der Waals surface area (Å²) in [5.41, 5.74) is 1.91. The van der Waals surface area contributed by atoms with E-state index in [0.717, 1.165) is 36.1 Å². The molecule has 0 fully saturated rings. The molecule has 0 unspecified atom stereocenters. The number of pyridine rings is 1. The first kappa shape index (κ1) is 11.9. The van der Waals surface area contributed by atoms with Gasteiger partial charge < -0.3 is 5.11 Å². The molecule has 1 heterocycles. The molecule has 0 aliphatic rings. The Hall–Kier alpha value is -1.61. The number of phenols is 1. The molecule has 2 rings (SSSR count). The molecule has 0 saturated carbocycles. The summed E-state index contributed by atoms with van der Waals surface area (Å²) in [5.74, 6) is 0.359. The van der Waals surface area contributed by atoms with Crippen LogP contribution in [-0.4, -0.2) is 28.1 Å². The van der Waals surface area contributed by atoms with Crippen LogP contribution < -0.4 is 0 Å². The fourth-order valence-electron chi connectivity index (χ4n) is 2.04. The van der Waals surface area contributed by atoms with Crippen LogP contribution >= 0.6 is 0 Å². The predicted molar refractivity (Wildman–Crippen MR) is 70.0 cm³/mol. The molecule has 0 amide bonds. The molecule has 0 aliphatic carbocycles. The third-order valence-corrected chi connectivity index (χ3v) is 3.15. The highest BCUT2D eigenvalue weighted by Gasteiger charge is 2.10. The molecule has 17 heavy (non-hydrogen) atoms. The fourth-order valence-corrected chi connectivity index (χ4v) is 2.04. The van der Waals surface area contributed by atoms with Crippen LogP contribution in [0.25, 0.3) is 10.9 Å². The quantitative estimate of drug-likeness (QED) is 0.877. The summed E-state index contributed by atoms with van der Waals surface area (Å²) in [5, 5.41) is 11.0. The second-order valence-electron chi connectivity index (χ2n) is 4.09. The maximum Gasteiger partial charge on any atom is 0.120 e. The van der Waals surface area contributed by atoms with E-state index in [4.69, 9.17) is 0 Å². The standard InChI is InChI=1S/C14H18N2O/c1-3-16(4-2)10-12-11-6-5-9-15-13(11)7-8-14(12)17/h5-9,17H,3-4,10H2,1-2H3. The molecular weight excluding hydrogens is 212 g/mol. The van der Waals surface area contributed by atoms with E-state index in [9.17, 15) is 5.11 Å². The topological polar surface area (TPSA) is 36.4 Å². The van der Waals surface area contributed by atoms with E-state index in [-0.39, 0.29) is 0 Å². The number of aromatic hydroxyl groups is 1.